The van der Waals surface area contributed by atoms with Gasteiger partial charge in [-0.05, 0) is 18.2 Å². The number of hydrogen-bond acceptors (Lipinski definition) is 3. The normalized spacial score (nSPS) is 10.0. The maximum absolute atomic E-state index is 11.2. The Morgan fingerprint density at radius 3 is 2.68 bits per heavy atom. The molecule has 0 saturated heterocycles. The van der Waals surface area contributed by atoms with E-state index in [2.05, 4.69) is 0 Å². The van der Waals surface area contributed by atoms with Crippen LogP contribution in [0.15, 0.2) is 48.7 Å². The second kappa shape index (κ2) is 6.00. The molecule has 0 fully saturated rings. The molecule has 2 rings (SSSR count). The van der Waals surface area contributed by atoms with Crippen LogP contribution < -0.4 is 14.0 Å². The summed E-state index contributed by atoms with van der Waals surface area (Å²) in [5.74, 6) is 2.09. The van der Waals surface area contributed by atoms with Gasteiger partial charge in [-0.1, -0.05) is 6.07 Å². The van der Waals surface area contributed by atoms with Crippen molar-refractivity contribution in [2.75, 3.05) is 7.11 Å². The summed E-state index contributed by atoms with van der Waals surface area (Å²) < 4.78 is 12.7. The second-order valence-electron chi connectivity index (χ2n) is 4.15. The zero-order valence-electron chi connectivity index (χ0n) is 11.0. The molecule has 19 heavy (non-hydrogen) atoms. The summed E-state index contributed by atoms with van der Waals surface area (Å²) >= 11 is 0. The van der Waals surface area contributed by atoms with Crippen LogP contribution in [0.2, 0.25) is 0 Å². The minimum Gasteiger partial charge on any atom is -0.497 e. The monoisotopic (exact) mass is 258 g/mol. The number of ketones is 1. The molecule has 98 valence electrons. The molecule has 4 nitrogen and oxygen atoms in total. The second-order valence-corrected chi connectivity index (χ2v) is 4.15. The highest BCUT2D eigenvalue weighted by Gasteiger charge is 2.13. The van der Waals surface area contributed by atoms with Gasteiger partial charge in [-0.15, -0.1) is 0 Å². The van der Waals surface area contributed by atoms with Gasteiger partial charge in [0, 0.05) is 19.1 Å². The van der Waals surface area contributed by atoms with E-state index in [0.717, 1.165) is 5.75 Å². The highest BCUT2D eigenvalue weighted by atomic mass is 16.5. The van der Waals surface area contributed by atoms with Gasteiger partial charge in [0.25, 0.3) is 0 Å². The molecule has 1 heterocycles. The van der Waals surface area contributed by atoms with Crippen LogP contribution in [0, 0.1) is 0 Å². The minimum absolute atomic E-state index is 0.0756. The summed E-state index contributed by atoms with van der Waals surface area (Å²) in [5.41, 5.74) is 0. The lowest BCUT2D eigenvalue weighted by Gasteiger charge is -2.06. The number of benzene rings is 1. The predicted octanol–water partition coefficient (Wildman–Crippen LogP) is 2.36. The number of nitrogens with zero attached hydrogens (tertiary/aromatic N) is 1. The fraction of sp³-hybridized carbons (Fsp3) is 0.200. The van der Waals surface area contributed by atoms with E-state index in [1.165, 1.54) is 0 Å². The average molecular weight is 258 g/mol. The average Bonchev–Trinajstić information content (AvgIpc) is 2.41. The Morgan fingerprint density at radius 2 is 1.95 bits per heavy atom. The number of rotatable bonds is 5. The van der Waals surface area contributed by atoms with Crippen LogP contribution >= 0.6 is 0 Å². The molecule has 0 aliphatic heterocycles. The summed E-state index contributed by atoms with van der Waals surface area (Å²) in [6.45, 7) is 1.84. The minimum atomic E-state index is 0.0756. The number of carbonyl (C=O) groups is 1. The Labute approximate surface area is 112 Å². The topological polar surface area (TPSA) is 39.4 Å². The number of Topliss-reactive ketones (excluding diaryl/α,β-unsaturated/α-hetero) is 1. The SMILES string of the molecule is COc1cccc(Oc2cccc[n+]2CC(C)=O)c1. The molecule has 4 heteroatoms. The van der Waals surface area contributed by atoms with E-state index >= 15 is 0 Å². The smallest absolute Gasteiger partial charge is 0.373 e. The van der Waals surface area contributed by atoms with E-state index in [0.29, 0.717) is 18.2 Å². The fourth-order valence-corrected chi connectivity index (χ4v) is 1.71. The number of hydrogen-bond donors (Lipinski definition) is 0. The van der Waals surface area contributed by atoms with Crippen LogP contribution in [-0.4, -0.2) is 12.9 Å². The van der Waals surface area contributed by atoms with Crippen molar-refractivity contribution in [1.82, 2.24) is 0 Å². The van der Waals surface area contributed by atoms with Crippen molar-refractivity contribution in [2.24, 2.45) is 0 Å². The maximum Gasteiger partial charge on any atom is 0.373 e. The third-order valence-electron chi connectivity index (χ3n) is 2.56. The molecule has 0 bridgehead atoms. The van der Waals surface area contributed by atoms with Gasteiger partial charge in [0.15, 0.2) is 12.0 Å². The van der Waals surface area contributed by atoms with E-state index in [1.807, 2.05) is 42.6 Å². The Bertz CT molecular complexity index is 581. The largest absolute Gasteiger partial charge is 0.497 e. The summed E-state index contributed by atoms with van der Waals surface area (Å²) in [6.07, 6.45) is 1.82. The zero-order valence-corrected chi connectivity index (χ0v) is 11.0. The van der Waals surface area contributed by atoms with Gasteiger partial charge >= 0.3 is 5.88 Å². The molecule has 0 unspecified atom stereocenters. The van der Waals surface area contributed by atoms with E-state index in [1.54, 1.807) is 24.7 Å². The Balaban J connectivity index is 2.24. The molecule has 0 radical (unpaired) electrons. The first-order chi connectivity index (χ1) is 9.19. The van der Waals surface area contributed by atoms with Gasteiger partial charge < -0.3 is 9.47 Å². The maximum atomic E-state index is 11.2. The van der Waals surface area contributed by atoms with Gasteiger partial charge in [0.1, 0.15) is 11.5 Å². The van der Waals surface area contributed by atoms with Crippen molar-refractivity contribution >= 4 is 5.78 Å². The standard InChI is InChI=1S/C15H16NO3/c1-12(17)11-16-9-4-3-8-15(16)19-14-7-5-6-13(10-14)18-2/h3-10H,11H2,1-2H3/q+1. The quantitative estimate of drug-likeness (QED) is 0.773. The molecule has 0 saturated carbocycles. The van der Waals surface area contributed by atoms with Crippen LogP contribution in [0.3, 0.4) is 0 Å². The molecule has 1 aromatic carbocycles. The first kappa shape index (κ1) is 13.1. The number of ether oxygens (including phenoxy) is 2. The lowest BCUT2D eigenvalue weighted by Crippen LogP contribution is -2.37. The first-order valence-electron chi connectivity index (χ1n) is 5.99. The lowest BCUT2D eigenvalue weighted by molar-refractivity contribution is -0.688. The van der Waals surface area contributed by atoms with Crippen molar-refractivity contribution < 1.29 is 18.8 Å². The molecule has 0 spiro atoms. The number of pyridine rings is 1. The van der Waals surface area contributed by atoms with Crippen LogP contribution in [0.25, 0.3) is 0 Å². The van der Waals surface area contributed by atoms with Gasteiger partial charge in [0.05, 0.1) is 13.2 Å². The predicted molar refractivity (Wildman–Crippen MR) is 70.4 cm³/mol. The van der Waals surface area contributed by atoms with Crippen molar-refractivity contribution in [3.63, 3.8) is 0 Å². The summed E-state index contributed by atoms with van der Waals surface area (Å²) in [5, 5.41) is 0. The van der Waals surface area contributed by atoms with Gasteiger partial charge in [-0.25, -0.2) is 0 Å². The highest BCUT2D eigenvalue weighted by Crippen LogP contribution is 2.22. The van der Waals surface area contributed by atoms with Crippen molar-refractivity contribution in [3.05, 3.63) is 48.7 Å². The fourth-order valence-electron chi connectivity index (χ4n) is 1.71. The molecule has 0 aliphatic carbocycles. The lowest BCUT2D eigenvalue weighted by atomic mass is 10.3. The number of methoxy groups -OCH3 is 1. The van der Waals surface area contributed by atoms with E-state index in [-0.39, 0.29) is 5.78 Å². The third-order valence-corrected chi connectivity index (χ3v) is 2.56. The van der Waals surface area contributed by atoms with E-state index in [9.17, 15) is 4.79 Å². The summed E-state index contributed by atoms with van der Waals surface area (Å²) in [6, 6.07) is 12.9. The van der Waals surface area contributed by atoms with Crippen molar-refractivity contribution in [3.8, 4) is 17.4 Å². The number of aromatic nitrogens is 1. The van der Waals surface area contributed by atoms with Crippen molar-refractivity contribution in [2.45, 2.75) is 13.5 Å². The van der Waals surface area contributed by atoms with E-state index < -0.39 is 0 Å². The highest BCUT2D eigenvalue weighted by molar-refractivity contribution is 5.73. The molecule has 0 N–H and O–H groups in total. The van der Waals surface area contributed by atoms with Crippen LogP contribution in [-0.2, 0) is 11.3 Å². The number of carbonyl (C=O) groups excluding carboxylic acids is 1. The van der Waals surface area contributed by atoms with E-state index in [4.69, 9.17) is 9.47 Å². The zero-order chi connectivity index (χ0) is 13.7. The molecular weight excluding hydrogens is 242 g/mol. The Kier molecular flexibility index (Phi) is 4.13. The van der Waals surface area contributed by atoms with Crippen LogP contribution in [0.1, 0.15) is 6.92 Å². The molecule has 0 atom stereocenters. The van der Waals surface area contributed by atoms with Gasteiger partial charge in [-0.3, -0.25) is 4.79 Å². The van der Waals surface area contributed by atoms with Crippen LogP contribution in [0.5, 0.6) is 17.4 Å². The Morgan fingerprint density at radius 1 is 1.16 bits per heavy atom. The molecule has 0 aliphatic rings. The summed E-state index contributed by atoms with van der Waals surface area (Å²) in [7, 11) is 1.61. The molecule has 0 amide bonds. The molecular formula is C15H16NO3+. The van der Waals surface area contributed by atoms with Crippen molar-refractivity contribution in [1.29, 1.82) is 0 Å². The Hall–Kier alpha value is -2.36. The third kappa shape index (κ3) is 3.55. The summed E-state index contributed by atoms with van der Waals surface area (Å²) in [4.78, 5) is 11.2. The van der Waals surface area contributed by atoms with Crippen LogP contribution in [0.4, 0.5) is 0 Å². The van der Waals surface area contributed by atoms with Gasteiger partial charge in [-0.2, -0.15) is 4.57 Å². The molecule has 1 aromatic heterocycles. The molecule has 2 aromatic rings. The first-order valence-corrected chi connectivity index (χ1v) is 5.99. The van der Waals surface area contributed by atoms with Gasteiger partial charge in [0.2, 0.25) is 6.54 Å².